The number of furan rings is 1. The minimum absolute atomic E-state index is 0.115. The Balaban J connectivity index is 1.71. The molecule has 0 aliphatic carbocycles. The fourth-order valence-corrected chi connectivity index (χ4v) is 3.66. The van der Waals surface area contributed by atoms with Gasteiger partial charge >= 0.3 is 0 Å². The molecule has 6 heteroatoms. The van der Waals surface area contributed by atoms with Crippen molar-refractivity contribution in [2.45, 2.75) is 38.1 Å². The first-order valence-corrected chi connectivity index (χ1v) is 10.6. The lowest BCUT2D eigenvalue weighted by atomic mass is 10.0. The van der Waals surface area contributed by atoms with Crippen molar-refractivity contribution in [3.05, 3.63) is 64.9 Å². The van der Waals surface area contributed by atoms with E-state index in [1.54, 1.807) is 30.5 Å². The van der Waals surface area contributed by atoms with Gasteiger partial charge in [0.25, 0.3) is 0 Å². The van der Waals surface area contributed by atoms with E-state index in [0.29, 0.717) is 0 Å². The molecule has 2 aromatic carbocycles. The largest absolute Gasteiger partial charge is 0.464 e. The molecule has 0 bridgehead atoms. The van der Waals surface area contributed by atoms with Gasteiger partial charge in [-0.2, -0.15) is 0 Å². The molecule has 0 spiro atoms. The minimum Gasteiger partial charge on any atom is -0.464 e. The van der Waals surface area contributed by atoms with Crippen LogP contribution in [0.2, 0.25) is 0 Å². The second-order valence-electron chi connectivity index (χ2n) is 7.00. The summed E-state index contributed by atoms with van der Waals surface area (Å²) >= 11 is 0. The Morgan fingerprint density at radius 1 is 1.11 bits per heavy atom. The van der Waals surface area contributed by atoms with Crippen molar-refractivity contribution in [3.63, 3.8) is 0 Å². The third-order valence-corrected chi connectivity index (χ3v) is 5.94. The molecule has 1 atom stereocenters. The van der Waals surface area contributed by atoms with Crippen LogP contribution in [-0.2, 0) is 21.1 Å². The van der Waals surface area contributed by atoms with Gasteiger partial charge in [-0.1, -0.05) is 12.1 Å². The highest BCUT2D eigenvalue weighted by molar-refractivity contribution is 7.90. The second kappa shape index (κ2) is 7.19. The molecule has 1 unspecified atom stereocenters. The lowest BCUT2D eigenvalue weighted by Gasteiger charge is -2.14. The van der Waals surface area contributed by atoms with Gasteiger partial charge in [0.1, 0.15) is 5.58 Å². The molecule has 0 fully saturated rings. The molecule has 3 rings (SSSR count). The Morgan fingerprint density at radius 2 is 1.74 bits per heavy atom. The van der Waals surface area contributed by atoms with Crippen LogP contribution in [0.1, 0.15) is 35.2 Å². The van der Waals surface area contributed by atoms with E-state index in [0.717, 1.165) is 33.2 Å². The number of nitrogens with one attached hydrogen (secondary N) is 1. The first-order valence-electron chi connectivity index (χ1n) is 8.72. The maximum Gasteiger partial charge on any atom is 0.225 e. The summed E-state index contributed by atoms with van der Waals surface area (Å²) in [6, 6.07) is 10.4. The van der Waals surface area contributed by atoms with Crippen LogP contribution in [-0.4, -0.2) is 20.6 Å². The van der Waals surface area contributed by atoms with Gasteiger partial charge in [-0.3, -0.25) is 4.79 Å². The van der Waals surface area contributed by atoms with Crippen LogP contribution in [0.25, 0.3) is 11.0 Å². The fraction of sp³-hybridized carbons (Fsp3) is 0.286. The number of benzene rings is 2. The smallest absolute Gasteiger partial charge is 0.225 e. The number of rotatable bonds is 5. The monoisotopic (exact) mass is 385 g/mol. The molecule has 3 aromatic rings. The van der Waals surface area contributed by atoms with Gasteiger partial charge in [0, 0.05) is 17.2 Å². The second-order valence-corrected chi connectivity index (χ2v) is 9.02. The summed E-state index contributed by atoms with van der Waals surface area (Å²) in [7, 11) is -3.23. The van der Waals surface area contributed by atoms with Crippen molar-refractivity contribution < 1.29 is 17.6 Å². The highest BCUT2D eigenvalue weighted by Gasteiger charge is 2.15. The summed E-state index contributed by atoms with van der Waals surface area (Å²) in [4.78, 5) is 12.7. The molecule has 1 heterocycles. The van der Waals surface area contributed by atoms with E-state index in [1.165, 1.54) is 6.26 Å². The predicted octanol–water partition coefficient (Wildman–Crippen LogP) is 3.87. The van der Waals surface area contributed by atoms with Gasteiger partial charge in [-0.25, -0.2) is 8.42 Å². The molecular formula is C21H23NO4S. The first-order chi connectivity index (χ1) is 12.6. The summed E-state index contributed by atoms with van der Waals surface area (Å²) < 4.78 is 28.7. The molecule has 1 amide bonds. The SMILES string of the molecule is Cc1cc2occ(CC(=O)NC(C)c3ccc(S(C)(=O)=O)cc3)c2cc1C. The molecule has 5 nitrogen and oxygen atoms in total. The number of fused-ring (bicyclic) bond motifs is 1. The van der Waals surface area contributed by atoms with Crippen LogP contribution in [0, 0.1) is 13.8 Å². The van der Waals surface area contributed by atoms with Crippen LogP contribution in [0.4, 0.5) is 0 Å². The quantitative estimate of drug-likeness (QED) is 0.723. The summed E-state index contributed by atoms with van der Waals surface area (Å²) in [6.45, 7) is 5.93. The highest BCUT2D eigenvalue weighted by Crippen LogP contribution is 2.25. The Morgan fingerprint density at radius 3 is 2.37 bits per heavy atom. The lowest BCUT2D eigenvalue weighted by molar-refractivity contribution is -0.121. The zero-order chi connectivity index (χ0) is 19.8. The van der Waals surface area contributed by atoms with Gasteiger partial charge in [0.15, 0.2) is 9.84 Å². The normalized spacial score (nSPS) is 12.9. The highest BCUT2D eigenvalue weighted by atomic mass is 32.2. The number of carbonyl (C=O) groups is 1. The van der Waals surface area contributed by atoms with Crippen molar-refractivity contribution in [1.82, 2.24) is 5.32 Å². The zero-order valence-corrected chi connectivity index (χ0v) is 16.7. The van der Waals surface area contributed by atoms with Gasteiger partial charge < -0.3 is 9.73 Å². The molecule has 0 saturated heterocycles. The summed E-state index contributed by atoms with van der Waals surface area (Å²) in [5.74, 6) is -0.115. The minimum atomic E-state index is -3.23. The van der Waals surface area contributed by atoms with Crippen molar-refractivity contribution in [2.24, 2.45) is 0 Å². The average molecular weight is 385 g/mol. The summed E-state index contributed by atoms with van der Waals surface area (Å²) in [6.07, 6.45) is 3.03. The van der Waals surface area contributed by atoms with Crippen molar-refractivity contribution in [1.29, 1.82) is 0 Å². The van der Waals surface area contributed by atoms with E-state index in [-0.39, 0.29) is 23.3 Å². The predicted molar refractivity (Wildman–Crippen MR) is 106 cm³/mol. The van der Waals surface area contributed by atoms with Crippen LogP contribution < -0.4 is 5.32 Å². The molecule has 142 valence electrons. The van der Waals surface area contributed by atoms with Crippen molar-refractivity contribution >= 4 is 26.7 Å². The number of aryl methyl sites for hydroxylation is 2. The average Bonchev–Trinajstić information content (AvgIpc) is 2.96. The van der Waals surface area contributed by atoms with E-state index < -0.39 is 9.84 Å². The standard InChI is InChI=1S/C21H23NO4S/c1-13-9-19-17(12-26-20(19)10-14(13)2)11-21(23)22-15(3)16-5-7-18(8-6-16)27(4,24)25/h5-10,12,15H,11H2,1-4H3,(H,22,23). The molecule has 1 N–H and O–H groups in total. The number of sulfone groups is 1. The number of hydrogen-bond donors (Lipinski definition) is 1. The van der Waals surface area contributed by atoms with E-state index in [4.69, 9.17) is 4.42 Å². The van der Waals surface area contributed by atoms with Gasteiger partial charge in [0.05, 0.1) is 23.6 Å². The molecular weight excluding hydrogens is 362 g/mol. The maximum atomic E-state index is 12.5. The van der Waals surface area contributed by atoms with Crippen LogP contribution in [0.5, 0.6) is 0 Å². The molecule has 0 aliphatic heterocycles. The van der Waals surface area contributed by atoms with E-state index >= 15 is 0 Å². The van der Waals surface area contributed by atoms with Crippen LogP contribution in [0.15, 0.2) is 52.0 Å². The molecule has 0 aliphatic rings. The number of carbonyl (C=O) groups excluding carboxylic acids is 1. The Labute approximate surface area is 159 Å². The van der Waals surface area contributed by atoms with Crippen LogP contribution in [0.3, 0.4) is 0 Å². The third kappa shape index (κ3) is 4.22. The zero-order valence-electron chi connectivity index (χ0n) is 15.9. The maximum absolute atomic E-state index is 12.5. The van der Waals surface area contributed by atoms with E-state index in [2.05, 4.69) is 5.32 Å². The summed E-state index contributed by atoms with van der Waals surface area (Å²) in [5, 5.41) is 3.91. The Hall–Kier alpha value is -2.60. The van der Waals surface area contributed by atoms with Gasteiger partial charge in [-0.15, -0.1) is 0 Å². The molecule has 1 aromatic heterocycles. The topological polar surface area (TPSA) is 76.4 Å². The first kappa shape index (κ1) is 19.2. The van der Waals surface area contributed by atoms with Gasteiger partial charge in [-0.05, 0) is 61.7 Å². The molecule has 27 heavy (non-hydrogen) atoms. The fourth-order valence-electron chi connectivity index (χ4n) is 3.03. The molecule has 0 saturated carbocycles. The Bertz CT molecular complexity index is 1100. The van der Waals surface area contributed by atoms with E-state index in [9.17, 15) is 13.2 Å². The van der Waals surface area contributed by atoms with Gasteiger partial charge in [0.2, 0.25) is 5.91 Å². The van der Waals surface area contributed by atoms with Crippen molar-refractivity contribution in [2.75, 3.05) is 6.26 Å². The lowest BCUT2D eigenvalue weighted by Crippen LogP contribution is -2.28. The number of hydrogen-bond acceptors (Lipinski definition) is 4. The summed E-state index contributed by atoms with van der Waals surface area (Å²) in [5.41, 5.74) is 4.79. The van der Waals surface area contributed by atoms with Crippen molar-refractivity contribution in [3.8, 4) is 0 Å². The van der Waals surface area contributed by atoms with E-state index in [1.807, 2.05) is 32.9 Å². The van der Waals surface area contributed by atoms with Crippen LogP contribution >= 0.6 is 0 Å². The molecule has 0 radical (unpaired) electrons. The third-order valence-electron chi connectivity index (χ3n) is 4.81. The number of amides is 1. The Kier molecular flexibility index (Phi) is 5.11.